The quantitative estimate of drug-likeness (QED) is 0.885. The topological polar surface area (TPSA) is 15.3 Å². The SMILES string of the molecule is CCCC(c1cccs1)N1CCCNC(C)C1. The molecule has 1 aromatic rings. The molecule has 1 aliphatic rings. The first-order chi connectivity index (χ1) is 8.31. The van der Waals surface area contributed by atoms with Crippen LogP contribution in [0.3, 0.4) is 0 Å². The van der Waals surface area contributed by atoms with Gasteiger partial charge in [-0.1, -0.05) is 19.4 Å². The third-order valence-corrected chi connectivity index (χ3v) is 4.47. The van der Waals surface area contributed by atoms with Gasteiger partial charge in [0.15, 0.2) is 0 Å². The van der Waals surface area contributed by atoms with Gasteiger partial charge in [0.1, 0.15) is 0 Å². The Bertz CT molecular complexity index is 310. The molecule has 1 N–H and O–H groups in total. The average Bonchev–Trinajstić information content (AvgIpc) is 2.75. The average molecular weight is 252 g/mol. The van der Waals surface area contributed by atoms with Crippen molar-refractivity contribution in [3.05, 3.63) is 22.4 Å². The smallest absolute Gasteiger partial charge is 0.0442 e. The zero-order valence-electron chi connectivity index (χ0n) is 11.0. The van der Waals surface area contributed by atoms with Gasteiger partial charge in [-0.15, -0.1) is 11.3 Å². The summed E-state index contributed by atoms with van der Waals surface area (Å²) in [6.07, 6.45) is 3.82. The Morgan fingerprint density at radius 1 is 1.59 bits per heavy atom. The summed E-state index contributed by atoms with van der Waals surface area (Å²) in [4.78, 5) is 4.22. The second-order valence-corrected chi connectivity index (χ2v) is 6.00. The summed E-state index contributed by atoms with van der Waals surface area (Å²) in [5.74, 6) is 0. The number of rotatable bonds is 4. The van der Waals surface area contributed by atoms with E-state index in [0.29, 0.717) is 12.1 Å². The molecule has 96 valence electrons. The fraction of sp³-hybridized carbons (Fsp3) is 0.714. The van der Waals surface area contributed by atoms with E-state index in [1.54, 1.807) is 4.88 Å². The van der Waals surface area contributed by atoms with Crippen molar-refractivity contribution in [2.75, 3.05) is 19.6 Å². The van der Waals surface area contributed by atoms with Crippen molar-refractivity contribution < 1.29 is 0 Å². The molecule has 2 rings (SSSR count). The number of nitrogens with zero attached hydrogens (tertiary/aromatic N) is 1. The van der Waals surface area contributed by atoms with Crippen molar-refractivity contribution in [1.29, 1.82) is 0 Å². The van der Waals surface area contributed by atoms with Crippen molar-refractivity contribution in [3.63, 3.8) is 0 Å². The fourth-order valence-corrected chi connectivity index (χ4v) is 3.58. The Morgan fingerprint density at radius 3 is 3.18 bits per heavy atom. The molecule has 2 nitrogen and oxygen atoms in total. The lowest BCUT2D eigenvalue weighted by atomic mass is 10.1. The summed E-state index contributed by atoms with van der Waals surface area (Å²) in [6.45, 7) is 8.18. The highest BCUT2D eigenvalue weighted by Gasteiger charge is 2.23. The highest BCUT2D eigenvalue weighted by molar-refractivity contribution is 7.10. The summed E-state index contributed by atoms with van der Waals surface area (Å²) in [5, 5.41) is 5.78. The Hall–Kier alpha value is -0.380. The molecular weight excluding hydrogens is 228 g/mol. The first-order valence-electron chi connectivity index (χ1n) is 6.82. The molecule has 1 aliphatic heterocycles. The predicted molar refractivity (Wildman–Crippen MR) is 75.6 cm³/mol. The van der Waals surface area contributed by atoms with E-state index in [1.807, 2.05) is 11.3 Å². The van der Waals surface area contributed by atoms with Crippen molar-refractivity contribution in [2.24, 2.45) is 0 Å². The minimum Gasteiger partial charge on any atom is -0.313 e. The van der Waals surface area contributed by atoms with Gasteiger partial charge >= 0.3 is 0 Å². The second-order valence-electron chi connectivity index (χ2n) is 5.02. The van der Waals surface area contributed by atoms with Crippen LogP contribution in [0.2, 0.25) is 0 Å². The van der Waals surface area contributed by atoms with Crippen LogP contribution in [0.4, 0.5) is 0 Å². The number of hydrogen-bond donors (Lipinski definition) is 1. The van der Waals surface area contributed by atoms with Gasteiger partial charge in [-0.05, 0) is 37.8 Å². The Balaban J connectivity index is 2.08. The molecule has 0 bridgehead atoms. The third-order valence-electron chi connectivity index (χ3n) is 3.50. The van der Waals surface area contributed by atoms with Gasteiger partial charge in [-0.3, -0.25) is 4.90 Å². The first-order valence-corrected chi connectivity index (χ1v) is 7.70. The van der Waals surface area contributed by atoms with Crippen LogP contribution in [-0.4, -0.2) is 30.6 Å². The maximum absolute atomic E-state index is 3.58. The normalized spacial score (nSPS) is 24.5. The highest BCUT2D eigenvalue weighted by atomic mass is 32.1. The van der Waals surface area contributed by atoms with Gasteiger partial charge in [0.2, 0.25) is 0 Å². The van der Waals surface area contributed by atoms with Gasteiger partial charge in [0, 0.05) is 30.1 Å². The summed E-state index contributed by atoms with van der Waals surface area (Å²) >= 11 is 1.91. The van der Waals surface area contributed by atoms with Crippen molar-refractivity contribution in [2.45, 2.75) is 45.2 Å². The van der Waals surface area contributed by atoms with Crippen molar-refractivity contribution in [1.82, 2.24) is 10.2 Å². The third kappa shape index (κ3) is 3.54. The van der Waals surface area contributed by atoms with E-state index in [4.69, 9.17) is 0 Å². The minimum absolute atomic E-state index is 0.622. The minimum atomic E-state index is 0.622. The number of nitrogens with one attached hydrogen (secondary N) is 1. The molecule has 0 aromatic carbocycles. The number of hydrogen-bond acceptors (Lipinski definition) is 3. The van der Waals surface area contributed by atoms with E-state index >= 15 is 0 Å². The van der Waals surface area contributed by atoms with Gasteiger partial charge in [-0.2, -0.15) is 0 Å². The molecule has 0 radical (unpaired) electrons. The van der Waals surface area contributed by atoms with Gasteiger partial charge < -0.3 is 5.32 Å². The lowest BCUT2D eigenvalue weighted by Gasteiger charge is -2.31. The molecule has 1 aromatic heterocycles. The van der Waals surface area contributed by atoms with Crippen LogP contribution in [0.1, 0.15) is 44.0 Å². The van der Waals surface area contributed by atoms with Crippen LogP contribution >= 0.6 is 11.3 Å². The van der Waals surface area contributed by atoms with E-state index in [2.05, 4.69) is 41.6 Å². The van der Waals surface area contributed by atoms with E-state index < -0.39 is 0 Å². The van der Waals surface area contributed by atoms with E-state index in [1.165, 1.54) is 38.9 Å². The molecule has 17 heavy (non-hydrogen) atoms. The maximum Gasteiger partial charge on any atom is 0.0442 e. The largest absolute Gasteiger partial charge is 0.313 e. The monoisotopic (exact) mass is 252 g/mol. The lowest BCUT2D eigenvalue weighted by Crippen LogP contribution is -2.37. The molecule has 1 saturated heterocycles. The summed E-state index contributed by atoms with van der Waals surface area (Å²) < 4.78 is 0. The molecular formula is C14H24N2S. The molecule has 0 aliphatic carbocycles. The molecule has 2 heterocycles. The zero-order valence-corrected chi connectivity index (χ0v) is 11.8. The highest BCUT2D eigenvalue weighted by Crippen LogP contribution is 2.30. The van der Waals surface area contributed by atoms with Crippen LogP contribution in [0.25, 0.3) is 0 Å². The molecule has 0 spiro atoms. The Morgan fingerprint density at radius 2 is 2.47 bits per heavy atom. The van der Waals surface area contributed by atoms with Crippen LogP contribution in [-0.2, 0) is 0 Å². The maximum atomic E-state index is 3.58. The van der Waals surface area contributed by atoms with E-state index in [9.17, 15) is 0 Å². The Labute approximate surface area is 109 Å². The fourth-order valence-electron chi connectivity index (χ4n) is 2.68. The molecule has 2 atom stereocenters. The summed E-state index contributed by atoms with van der Waals surface area (Å²) in [5.41, 5.74) is 0. The molecule has 3 heteroatoms. The standard InChI is InChI=1S/C14H24N2S/c1-3-6-13(14-7-4-10-17-14)16-9-5-8-15-12(2)11-16/h4,7,10,12-13,15H,3,5-6,8-9,11H2,1-2H3. The first kappa shape index (κ1) is 13.1. The van der Waals surface area contributed by atoms with Crippen molar-refractivity contribution >= 4 is 11.3 Å². The van der Waals surface area contributed by atoms with E-state index in [0.717, 1.165) is 0 Å². The second kappa shape index (κ2) is 6.53. The number of thiophene rings is 1. The molecule has 0 amide bonds. The van der Waals surface area contributed by atoms with Gasteiger partial charge in [-0.25, -0.2) is 0 Å². The summed E-state index contributed by atoms with van der Waals surface area (Å²) in [7, 11) is 0. The van der Waals surface area contributed by atoms with Crippen LogP contribution in [0.5, 0.6) is 0 Å². The molecule has 0 saturated carbocycles. The van der Waals surface area contributed by atoms with Crippen molar-refractivity contribution in [3.8, 4) is 0 Å². The predicted octanol–water partition coefficient (Wildman–Crippen LogP) is 3.27. The van der Waals surface area contributed by atoms with Gasteiger partial charge in [0.25, 0.3) is 0 Å². The lowest BCUT2D eigenvalue weighted by molar-refractivity contribution is 0.189. The van der Waals surface area contributed by atoms with Crippen LogP contribution in [0.15, 0.2) is 17.5 Å². The Kier molecular flexibility index (Phi) is 5.01. The summed E-state index contributed by atoms with van der Waals surface area (Å²) in [6, 6.07) is 5.75. The van der Waals surface area contributed by atoms with Gasteiger partial charge in [0.05, 0.1) is 0 Å². The van der Waals surface area contributed by atoms with Crippen LogP contribution in [0, 0.1) is 0 Å². The van der Waals surface area contributed by atoms with Crippen LogP contribution < -0.4 is 5.32 Å². The molecule has 1 fully saturated rings. The zero-order chi connectivity index (χ0) is 12.1. The van der Waals surface area contributed by atoms with E-state index in [-0.39, 0.29) is 0 Å². The molecule has 2 unspecified atom stereocenters.